The van der Waals surface area contributed by atoms with Crippen LogP contribution in [0.4, 0.5) is 0 Å². The standard InChI is InChI=1S/C8H13N3O2S/c1-9-5-7-3-4-8(11-6-7)14(12,13)10-2/h3-4,6,9-10H,5H2,1-2H3. The van der Waals surface area contributed by atoms with Crippen LogP contribution in [0, 0.1) is 0 Å². The molecule has 5 nitrogen and oxygen atoms in total. The van der Waals surface area contributed by atoms with Gasteiger partial charge in [-0.1, -0.05) is 6.07 Å². The van der Waals surface area contributed by atoms with Crippen molar-refractivity contribution in [1.82, 2.24) is 15.0 Å². The van der Waals surface area contributed by atoms with Crippen molar-refractivity contribution in [3.05, 3.63) is 23.9 Å². The summed E-state index contributed by atoms with van der Waals surface area (Å²) in [6, 6.07) is 3.21. The Morgan fingerprint density at radius 2 is 2.07 bits per heavy atom. The van der Waals surface area contributed by atoms with E-state index in [-0.39, 0.29) is 5.03 Å². The lowest BCUT2D eigenvalue weighted by Crippen LogP contribution is -2.19. The van der Waals surface area contributed by atoms with Crippen LogP contribution < -0.4 is 10.0 Å². The second-order valence-corrected chi connectivity index (χ2v) is 4.58. The number of pyridine rings is 1. The third-order valence-corrected chi connectivity index (χ3v) is 3.05. The van der Waals surface area contributed by atoms with E-state index < -0.39 is 10.0 Å². The van der Waals surface area contributed by atoms with E-state index in [0.29, 0.717) is 6.54 Å². The highest BCUT2D eigenvalue weighted by atomic mass is 32.2. The Morgan fingerprint density at radius 1 is 1.36 bits per heavy atom. The van der Waals surface area contributed by atoms with Gasteiger partial charge in [-0.15, -0.1) is 0 Å². The Labute approximate surface area is 83.6 Å². The Morgan fingerprint density at radius 3 is 2.50 bits per heavy atom. The summed E-state index contributed by atoms with van der Waals surface area (Å²) in [5.74, 6) is 0. The molecule has 1 aromatic heterocycles. The van der Waals surface area contributed by atoms with Gasteiger partial charge in [0, 0.05) is 12.7 Å². The summed E-state index contributed by atoms with van der Waals surface area (Å²) in [7, 11) is -0.234. The summed E-state index contributed by atoms with van der Waals surface area (Å²) >= 11 is 0. The Bertz CT molecular complexity index is 386. The van der Waals surface area contributed by atoms with Crippen LogP contribution >= 0.6 is 0 Å². The summed E-state index contributed by atoms with van der Waals surface area (Å²) in [6.45, 7) is 0.673. The van der Waals surface area contributed by atoms with Crippen molar-refractivity contribution in [2.75, 3.05) is 14.1 Å². The van der Waals surface area contributed by atoms with Gasteiger partial charge in [0.05, 0.1) is 0 Å². The quantitative estimate of drug-likeness (QED) is 0.724. The third-order valence-electron chi connectivity index (χ3n) is 1.72. The highest BCUT2D eigenvalue weighted by molar-refractivity contribution is 7.89. The van der Waals surface area contributed by atoms with Crippen LogP contribution in [-0.4, -0.2) is 27.5 Å². The van der Waals surface area contributed by atoms with Crippen LogP contribution in [0.3, 0.4) is 0 Å². The smallest absolute Gasteiger partial charge is 0.257 e. The van der Waals surface area contributed by atoms with Gasteiger partial charge >= 0.3 is 0 Å². The molecule has 0 saturated carbocycles. The van der Waals surface area contributed by atoms with Crippen LogP contribution in [0.1, 0.15) is 5.56 Å². The molecular weight excluding hydrogens is 202 g/mol. The summed E-state index contributed by atoms with van der Waals surface area (Å²) in [5.41, 5.74) is 0.947. The summed E-state index contributed by atoms with van der Waals surface area (Å²) < 4.78 is 24.8. The molecule has 14 heavy (non-hydrogen) atoms. The Hall–Kier alpha value is -0.980. The number of hydrogen-bond acceptors (Lipinski definition) is 4. The van der Waals surface area contributed by atoms with Crippen LogP contribution in [-0.2, 0) is 16.6 Å². The molecule has 0 spiro atoms. The van der Waals surface area contributed by atoms with Gasteiger partial charge in [-0.25, -0.2) is 18.1 Å². The Balaban J connectivity index is 2.94. The highest BCUT2D eigenvalue weighted by Crippen LogP contribution is 2.05. The first-order valence-electron chi connectivity index (χ1n) is 4.13. The number of sulfonamides is 1. The van der Waals surface area contributed by atoms with Gasteiger partial charge in [0.15, 0.2) is 5.03 Å². The van der Waals surface area contributed by atoms with Crippen LogP contribution in [0.2, 0.25) is 0 Å². The van der Waals surface area contributed by atoms with Crippen molar-refractivity contribution < 1.29 is 8.42 Å². The maximum absolute atomic E-state index is 11.3. The monoisotopic (exact) mass is 215 g/mol. The van der Waals surface area contributed by atoms with Crippen LogP contribution in [0.15, 0.2) is 23.4 Å². The molecule has 0 radical (unpaired) electrons. The molecule has 1 aromatic rings. The molecule has 0 saturated heterocycles. The zero-order valence-corrected chi connectivity index (χ0v) is 8.93. The lowest BCUT2D eigenvalue weighted by Gasteiger charge is -2.02. The minimum atomic E-state index is -3.41. The third kappa shape index (κ3) is 2.50. The second-order valence-electron chi connectivity index (χ2n) is 2.74. The number of aromatic nitrogens is 1. The molecule has 2 N–H and O–H groups in total. The first-order valence-corrected chi connectivity index (χ1v) is 5.61. The lowest BCUT2D eigenvalue weighted by atomic mass is 10.3. The van der Waals surface area contributed by atoms with Crippen molar-refractivity contribution in [2.24, 2.45) is 0 Å². The number of rotatable bonds is 4. The molecule has 0 aliphatic heterocycles. The molecule has 0 aliphatic rings. The van der Waals surface area contributed by atoms with E-state index in [2.05, 4.69) is 15.0 Å². The lowest BCUT2D eigenvalue weighted by molar-refractivity contribution is 0.584. The number of nitrogens with one attached hydrogen (secondary N) is 2. The summed E-state index contributed by atoms with van der Waals surface area (Å²) in [5, 5.41) is 2.99. The van der Waals surface area contributed by atoms with Crippen molar-refractivity contribution in [2.45, 2.75) is 11.6 Å². The molecule has 0 atom stereocenters. The van der Waals surface area contributed by atoms with E-state index in [1.165, 1.54) is 13.1 Å². The van der Waals surface area contributed by atoms with Gasteiger partial charge in [0.25, 0.3) is 10.0 Å². The van der Waals surface area contributed by atoms with E-state index in [1.54, 1.807) is 12.3 Å². The average Bonchev–Trinajstić information content (AvgIpc) is 2.19. The highest BCUT2D eigenvalue weighted by Gasteiger charge is 2.11. The van der Waals surface area contributed by atoms with Gasteiger partial charge in [-0.3, -0.25) is 0 Å². The molecule has 0 unspecified atom stereocenters. The van der Waals surface area contributed by atoms with E-state index in [1.807, 2.05) is 7.05 Å². The average molecular weight is 215 g/mol. The van der Waals surface area contributed by atoms with E-state index in [4.69, 9.17) is 0 Å². The molecule has 1 heterocycles. The first-order chi connectivity index (χ1) is 6.60. The minimum Gasteiger partial charge on any atom is -0.316 e. The first kappa shape index (κ1) is 11.1. The fourth-order valence-electron chi connectivity index (χ4n) is 0.983. The molecule has 78 valence electrons. The van der Waals surface area contributed by atoms with Crippen molar-refractivity contribution in [3.63, 3.8) is 0 Å². The molecule has 0 aliphatic carbocycles. The predicted molar refractivity (Wildman–Crippen MR) is 53.2 cm³/mol. The summed E-state index contributed by atoms with van der Waals surface area (Å²) in [6.07, 6.45) is 1.54. The number of nitrogens with zero attached hydrogens (tertiary/aromatic N) is 1. The van der Waals surface area contributed by atoms with E-state index >= 15 is 0 Å². The maximum Gasteiger partial charge on any atom is 0.257 e. The fraction of sp³-hybridized carbons (Fsp3) is 0.375. The normalized spacial score (nSPS) is 11.6. The zero-order valence-electron chi connectivity index (χ0n) is 8.11. The van der Waals surface area contributed by atoms with Crippen molar-refractivity contribution in [3.8, 4) is 0 Å². The van der Waals surface area contributed by atoms with Gasteiger partial charge < -0.3 is 5.32 Å². The Kier molecular flexibility index (Phi) is 3.56. The fourth-order valence-corrected chi connectivity index (χ4v) is 1.63. The van der Waals surface area contributed by atoms with E-state index in [9.17, 15) is 8.42 Å². The molecule has 1 rings (SSSR count). The van der Waals surface area contributed by atoms with Crippen molar-refractivity contribution in [1.29, 1.82) is 0 Å². The molecule has 0 bridgehead atoms. The minimum absolute atomic E-state index is 0.0415. The second kappa shape index (κ2) is 4.50. The van der Waals surface area contributed by atoms with Crippen LogP contribution in [0.5, 0.6) is 0 Å². The molecule has 6 heteroatoms. The van der Waals surface area contributed by atoms with Crippen molar-refractivity contribution >= 4 is 10.0 Å². The molecule has 0 amide bonds. The van der Waals surface area contributed by atoms with Gasteiger partial charge in [-0.2, -0.15) is 0 Å². The van der Waals surface area contributed by atoms with Gasteiger partial charge in [-0.05, 0) is 25.7 Å². The largest absolute Gasteiger partial charge is 0.316 e. The van der Waals surface area contributed by atoms with Crippen LogP contribution in [0.25, 0.3) is 0 Å². The molecule has 0 aromatic carbocycles. The van der Waals surface area contributed by atoms with E-state index in [0.717, 1.165) is 5.56 Å². The van der Waals surface area contributed by atoms with Gasteiger partial charge in [0.2, 0.25) is 0 Å². The molecule has 0 fully saturated rings. The summed E-state index contributed by atoms with van der Waals surface area (Å²) in [4.78, 5) is 3.85. The topological polar surface area (TPSA) is 71.1 Å². The zero-order chi connectivity index (χ0) is 10.6. The maximum atomic E-state index is 11.3. The SMILES string of the molecule is CNCc1ccc(S(=O)(=O)NC)nc1. The number of hydrogen-bond donors (Lipinski definition) is 2. The predicted octanol–water partition coefficient (Wildman–Crippen LogP) is -0.291. The van der Waals surface area contributed by atoms with Gasteiger partial charge in [0.1, 0.15) is 0 Å². The molecular formula is C8H13N3O2S.